The lowest BCUT2D eigenvalue weighted by molar-refractivity contribution is 0.355. The van der Waals surface area contributed by atoms with Crippen LogP contribution in [0.15, 0.2) is 102 Å². The Hall–Kier alpha value is -3.71. The largest absolute Gasteiger partial charge is 0.496 e. The number of amidine groups is 1. The molecule has 4 rings (SSSR count). The fourth-order valence-electron chi connectivity index (χ4n) is 4.23. The molecule has 0 bridgehead atoms. The summed E-state index contributed by atoms with van der Waals surface area (Å²) in [7, 11) is 4.81. The average Bonchev–Trinajstić information content (AvgIpc) is 2.92. The van der Waals surface area contributed by atoms with Gasteiger partial charge in [0.1, 0.15) is 17.1 Å². The number of hydrogen-bond acceptors (Lipinski definition) is 4. The van der Waals surface area contributed by atoms with E-state index in [0.717, 1.165) is 16.7 Å². The van der Waals surface area contributed by atoms with Crippen molar-refractivity contribution in [3.8, 4) is 17.2 Å². The highest BCUT2D eigenvalue weighted by Gasteiger charge is 2.39. The van der Waals surface area contributed by atoms with Crippen molar-refractivity contribution < 1.29 is 19.7 Å². The van der Waals surface area contributed by atoms with Gasteiger partial charge in [-0.15, -0.1) is 12.4 Å². The highest BCUT2D eigenvalue weighted by Crippen LogP contribution is 2.45. The molecule has 0 amide bonds. The normalized spacial score (nSPS) is 11.1. The van der Waals surface area contributed by atoms with Gasteiger partial charge in [-0.2, -0.15) is 0 Å². The summed E-state index contributed by atoms with van der Waals surface area (Å²) >= 11 is 6.52. The third-order valence-corrected chi connectivity index (χ3v) is 6.14. The minimum atomic E-state index is -1.05. The van der Waals surface area contributed by atoms with Crippen LogP contribution in [0.1, 0.15) is 22.3 Å². The Labute approximate surface area is 228 Å². The van der Waals surface area contributed by atoms with E-state index >= 15 is 0 Å². The lowest BCUT2D eigenvalue weighted by Gasteiger charge is -2.34. The van der Waals surface area contributed by atoms with Crippen molar-refractivity contribution in [1.29, 1.82) is 0 Å². The first-order valence-electron chi connectivity index (χ1n) is 11.1. The Morgan fingerprint density at radius 1 is 0.703 bits per heavy atom. The quantitative estimate of drug-likeness (QED) is 0.177. The molecule has 6 nitrogen and oxygen atoms in total. The van der Waals surface area contributed by atoms with Crippen molar-refractivity contribution in [2.75, 3.05) is 21.3 Å². The van der Waals surface area contributed by atoms with Crippen LogP contribution >= 0.6 is 24.0 Å². The number of nitrogens with two attached hydrogens (primary N) is 1. The van der Waals surface area contributed by atoms with Crippen molar-refractivity contribution in [1.82, 2.24) is 0 Å². The molecule has 0 aromatic heterocycles. The van der Waals surface area contributed by atoms with E-state index in [-0.39, 0.29) is 17.9 Å². The first-order valence-corrected chi connectivity index (χ1v) is 11.4. The van der Waals surface area contributed by atoms with E-state index in [1.54, 1.807) is 27.4 Å². The van der Waals surface area contributed by atoms with E-state index in [2.05, 4.69) is 0 Å². The zero-order chi connectivity index (χ0) is 24.8. The zero-order valence-corrected chi connectivity index (χ0v) is 22.3. The van der Waals surface area contributed by atoms with E-state index in [0.29, 0.717) is 33.7 Å². The molecule has 0 aliphatic carbocycles. The molecular formula is C29H30Cl2N2O4. The molecular weight excluding hydrogens is 511 g/mol. The van der Waals surface area contributed by atoms with Crippen molar-refractivity contribution in [2.24, 2.45) is 10.7 Å². The van der Waals surface area contributed by atoms with Crippen LogP contribution in [-0.2, 0) is 5.54 Å². The summed E-state index contributed by atoms with van der Waals surface area (Å²) in [6, 6.07) is 31.0. The standard InChI is InChI=1S/C29H27ClN2O3.ClH.H2O/c1-33-25-17-15-23(30)19-24(25)29(21-10-6-4-7-11-21,22-12-8-5-9-13-22)32-28(31)20-14-16-26(34-2)27(18-20)35-3;;/h4-19H,1-3H3,(H2,31,32);1H;1H2. The minimum absolute atomic E-state index is 0. The van der Waals surface area contributed by atoms with Crippen LogP contribution in [0, 0.1) is 0 Å². The van der Waals surface area contributed by atoms with E-state index in [4.69, 9.17) is 36.5 Å². The fraction of sp³-hybridized carbons (Fsp3) is 0.138. The fourth-order valence-corrected chi connectivity index (χ4v) is 4.40. The van der Waals surface area contributed by atoms with E-state index < -0.39 is 5.54 Å². The Balaban J connectivity index is 0.00000241. The molecule has 0 radical (unpaired) electrons. The smallest absolute Gasteiger partial charge is 0.161 e. The predicted octanol–water partition coefficient (Wildman–Crippen LogP) is 5.66. The second-order valence-electron chi connectivity index (χ2n) is 7.85. The maximum absolute atomic E-state index is 6.72. The predicted molar refractivity (Wildman–Crippen MR) is 152 cm³/mol. The van der Waals surface area contributed by atoms with Crippen LogP contribution in [0.4, 0.5) is 0 Å². The summed E-state index contributed by atoms with van der Waals surface area (Å²) in [4.78, 5) is 5.23. The van der Waals surface area contributed by atoms with Crippen molar-refractivity contribution >= 4 is 29.8 Å². The molecule has 4 N–H and O–H groups in total. The SMILES string of the molecule is COc1ccc(C(N)=NC(c2ccccc2)(c2ccccc2)c2cc(Cl)ccc2OC)cc1OC.Cl.O. The molecule has 0 atom stereocenters. The first kappa shape index (κ1) is 29.5. The molecule has 8 heteroatoms. The average molecular weight is 541 g/mol. The summed E-state index contributed by atoms with van der Waals surface area (Å²) < 4.78 is 16.7. The number of nitrogens with zero attached hydrogens (tertiary/aromatic N) is 1. The Morgan fingerprint density at radius 2 is 1.22 bits per heavy atom. The van der Waals surface area contributed by atoms with Gasteiger partial charge in [-0.3, -0.25) is 0 Å². The maximum Gasteiger partial charge on any atom is 0.161 e. The maximum atomic E-state index is 6.72. The molecule has 194 valence electrons. The van der Waals surface area contributed by atoms with Gasteiger partial charge >= 0.3 is 0 Å². The number of ether oxygens (including phenoxy) is 3. The summed E-state index contributed by atoms with van der Waals surface area (Å²) in [6.45, 7) is 0. The van der Waals surface area contributed by atoms with E-state index in [1.807, 2.05) is 91.0 Å². The molecule has 4 aromatic rings. The number of aliphatic imine (C=N–C) groups is 1. The number of halogens is 2. The summed E-state index contributed by atoms with van der Waals surface area (Å²) in [5, 5.41) is 0.567. The van der Waals surface area contributed by atoms with Crippen LogP contribution in [-0.4, -0.2) is 32.6 Å². The van der Waals surface area contributed by atoms with E-state index in [1.165, 1.54) is 0 Å². The zero-order valence-electron chi connectivity index (χ0n) is 20.8. The second-order valence-corrected chi connectivity index (χ2v) is 8.29. The lowest BCUT2D eigenvalue weighted by Crippen LogP contribution is -2.31. The Kier molecular flexibility index (Phi) is 10.4. The number of methoxy groups -OCH3 is 3. The molecule has 4 aromatic carbocycles. The molecule has 37 heavy (non-hydrogen) atoms. The van der Waals surface area contributed by atoms with Crippen molar-refractivity contribution in [2.45, 2.75) is 5.54 Å². The van der Waals surface area contributed by atoms with Gasteiger partial charge in [-0.25, -0.2) is 4.99 Å². The third-order valence-electron chi connectivity index (χ3n) is 5.90. The third kappa shape index (κ3) is 5.83. The Bertz CT molecular complexity index is 1290. The van der Waals surface area contributed by atoms with Crippen LogP contribution in [0.5, 0.6) is 17.2 Å². The Morgan fingerprint density at radius 3 is 1.73 bits per heavy atom. The van der Waals surface area contributed by atoms with E-state index in [9.17, 15) is 0 Å². The van der Waals surface area contributed by atoms with Gasteiger partial charge in [0, 0.05) is 16.1 Å². The second kappa shape index (κ2) is 13.0. The van der Waals surface area contributed by atoms with Crippen LogP contribution < -0.4 is 19.9 Å². The number of benzene rings is 4. The van der Waals surface area contributed by atoms with Gasteiger partial charge in [0.2, 0.25) is 0 Å². The molecule has 0 aliphatic heterocycles. The van der Waals surface area contributed by atoms with Crippen LogP contribution in [0.2, 0.25) is 5.02 Å². The van der Waals surface area contributed by atoms with Gasteiger partial charge in [0.15, 0.2) is 11.5 Å². The first-order chi connectivity index (χ1) is 17.0. The monoisotopic (exact) mass is 540 g/mol. The highest BCUT2D eigenvalue weighted by atomic mass is 35.5. The number of hydrogen-bond donors (Lipinski definition) is 1. The molecule has 0 saturated carbocycles. The van der Waals surface area contributed by atoms with Crippen LogP contribution in [0.3, 0.4) is 0 Å². The van der Waals surface area contributed by atoms with Crippen molar-refractivity contribution in [3.63, 3.8) is 0 Å². The summed E-state index contributed by atoms with van der Waals surface area (Å²) in [6.07, 6.45) is 0. The van der Waals surface area contributed by atoms with Gasteiger partial charge in [-0.1, -0.05) is 72.3 Å². The van der Waals surface area contributed by atoms with Gasteiger partial charge in [-0.05, 0) is 47.5 Å². The molecule has 0 spiro atoms. The van der Waals surface area contributed by atoms with Crippen molar-refractivity contribution in [3.05, 3.63) is 124 Å². The molecule has 0 aliphatic rings. The minimum Gasteiger partial charge on any atom is -0.496 e. The van der Waals surface area contributed by atoms with Gasteiger partial charge in [0.05, 0.1) is 21.3 Å². The highest BCUT2D eigenvalue weighted by molar-refractivity contribution is 6.30. The van der Waals surface area contributed by atoms with Gasteiger partial charge < -0.3 is 25.4 Å². The molecule has 0 unspecified atom stereocenters. The molecule has 0 heterocycles. The lowest BCUT2D eigenvalue weighted by atomic mass is 9.77. The molecule has 0 saturated heterocycles. The summed E-state index contributed by atoms with van der Waals surface area (Å²) in [5.41, 5.74) is 8.96. The number of rotatable bonds is 8. The topological polar surface area (TPSA) is 97.6 Å². The van der Waals surface area contributed by atoms with Crippen LogP contribution in [0.25, 0.3) is 0 Å². The summed E-state index contributed by atoms with van der Waals surface area (Å²) in [5.74, 6) is 2.14. The van der Waals surface area contributed by atoms with Gasteiger partial charge in [0.25, 0.3) is 0 Å². The molecule has 0 fully saturated rings.